The normalized spacial score (nSPS) is 22.6. The van der Waals surface area contributed by atoms with Crippen molar-refractivity contribution in [2.45, 2.75) is 71.4 Å². The second-order valence-electron chi connectivity index (χ2n) is 9.45. The van der Waals surface area contributed by atoms with E-state index in [9.17, 15) is 4.79 Å². The van der Waals surface area contributed by atoms with Gasteiger partial charge in [0.05, 0.1) is 21.3 Å². The Bertz CT molecular complexity index is 934. The highest BCUT2D eigenvalue weighted by Crippen LogP contribution is 2.37. The predicted octanol–water partition coefficient (Wildman–Crippen LogP) is 5.44. The molecule has 6 nitrogen and oxygen atoms in total. The van der Waals surface area contributed by atoms with Crippen LogP contribution in [0, 0.1) is 5.92 Å². The smallest absolute Gasteiger partial charge is 0.223 e. The second kappa shape index (κ2) is 11.4. The van der Waals surface area contributed by atoms with Crippen LogP contribution in [-0.2, 0) is 4.79 Å². The van der Waals surface area contributed by atoms with Gasteiger partial charge < -0.3 is 15.0 Å². The Balaban J connectivity index is 1.23. The van der Waals surface area contributed by atoms with E-state index in [-0.39, 0.29) is 11.8 Å². The molecule has 2 fully saturated rings. The van der Waals surface area contributed by atoms with E-state index in [1.54, 1.807) is 11.3 Å². The zero-order chi connectivity index (χ0) is 23.4. The van der Waals surface area contributed by atoms with E-state index >= 15 is 0 Å². The predicted molar refractivity (Wildman–Crippen MR) is 141 cm³/mol. The fourth-order valence-corrected chi connectivity index (χ4v) is 6.66. The molecule has 1 aromatic heterocycles. The number of halogens is 1. The number of likely N-dealkylation sites (tertiary alicyclic amines) is 1. The Morgan fingerprint density at radius 2 is 1.94 bits per heavy atom. The molecule has 2 aromatic rings. The first kappa shape index (κ1) is 24.7. The molecule has 0 saturated carbocycles. The number of piperidine rings is 2. The Morgan fingerprint density at radius 1 is 1.21 bits per heavy atom. The molecule has 8 heteroatoms. The van der Waals surface area contributed by atoms with E-state index in [2.05, 4.69) is 51.0 Å². The van der Waals surface area contributed by atoms with Crippen LogP contribution < -0.4 is 15.0 Å². The molecule has 4 rings (SSSR count). The lowest BCUT2D eigenvalue weighted by Crippen LogP contribution is -2.45. The van der Waals surface area contributed by atoms with Gasteiger partial charge in [-0.2, -0.15) is 0 Å². The van der Waals surface area contributed by atoms with E-state index in [0.29, 0.717) is 18.7 Å². The van der Waals surface area contributed by atoms with E-state index in [1.165, 1.54) is 19.3 Å². The van der Waals surface area contributed by atoms with Gasteiger partial charge in [0, 0.05) is 50.2 Å². The van der Waals surface area contributed by atoms with Crippen molar-refractivity contribution in [3.63, 3.8) is 0 Å². The number of anilines is 1. The molecule has 2 aliphatic rings. The maximum Gasteiger partial charge on any atom is 0.223 e. The Kier molecular flexibility index (Phi) is 8.52. The Morgan fingerprint density at radius 3 is 2.64 bits per heavy atom. The summed E-state index contributed by atoms with van der Waals surface area (Å²) in [6.07, 6.45) is 6.75. The van der Waals surface area contributed by atoms with Crippen molar-refractivity contribution in [2.75, 3.05) is 37.7 Å². The van der Waals surface area contributed by atoms with Crippen LogP contribution in [0.1, 0.15) is 59.3 Å². The summed E-state index contributed by atoms with van der Waals surface area (Å²) in [5.74, 6) is 1.20. The van der Waals surface area contributed by atoms with Gasteiger partial charge in [-0.25, -0.2) is 4.98 Å². The van der Waals surface area contributed by atoms with Crippen molar-refractivity contribution in [3.8, 4) is 5.75 Å². The second-order valence-corrected chi connectivity index (χ2v) is 11.3. The number of aromatic nitrogens is 1. The third-order valence-corrected chi connectivity index (χ3v) is 8.83. The molecule has 0 spiro atoms. The molecule has 2 aliphatic heterocycles. The molecule has 2 saturated heterocycles. The monoisotopic (exact) mass is 536 g/mol. The van der Waals surface area contributed by atoms with Crippen molar-refractivity contribution < 1.29 is 9.53 Å². The van der Waals surface area contributed by atoms with Gasteiger partial charge >= 0.3 is 0 Å². The van der Waals surface area contributed by atoms with Crippen molar-refractivity contribution >= 4 is 48.5 Å². The highest BCUT2D eigenvalue weighted by atomic mass is 79.9. The van der Waals surface area contributed by atoms with Crippen LogP contribution >= 0.6 is 27.3 Å². The number of thiazole rings is 1. The average molecular weight is 538 g/mol. The van der Waals surface area contributed by atoms with Crippen LogP contribution in [0.25, 0.3) is 10.2 Å². The highest BCUT2D eigenvalue weighted by molar-refractivity contribution is 9.10. The van der Waals surface area contributed by atoms with Crippen LogP contribution in [0.2, 0.25) is 0 Å². The molecular weight excluding hydrogens is 500 g/mol. The highest BCUT2D eigenvalue weighted by Gasteiger charge is 2.27. The number of ether oxygens (including phenoxy) is 1. The molecule has 0 bridgehead atoms. The van der Waals surface area contributed by atoms with Gasteiger partial charge in [0.15, 0.2) is 5.13 Å². The SMILES string of the molecule is CCOc1cc2sc(N3CCC(C(=O)NCCCN4C(C)CCCC4C)CC3)nc2cc1Br. The van der Waals surface area contributed by atoms with Gasteiger partial charge in [-0.05, 0) is 74.9 Å². The summed E-state index contributed by atoms with van der Waals surface area (Å²) in [6, 6.07) is 5.44. The first-order chi connectivity index (χ1) is 16.0. The quantitative estimate of drug-likeness (QED) is 0.455. The molecular formula is C25H37BrN4O2S. The van der Waals surface area contributed by atoms with Gasteiger partial charge in [-0.3, -0.25) is 9.69 Å². The minimum absolute atomic E-state index is 0.113. The van der Waals surface area contributed by atoms with Crippen molar-refractivity contribution in [2.24, 2.45) is 5.92 Å². The van der Waals surface area contributed by atoms with Crippen LogP contribution in [0.15, 0.2) is 16.6 Å². The number of nitrogens with one attached hydrogen (secondary N) is 1. The van der Waals surface area contributed by atoms with Gasteiger partial charge in [-0.1, -0.05) is 17.8 Å². The van der Waals surface area contributed by atoms with E-state index in [4.69, 9.17) is 9.72 Å². The van der Waals surface area contributed by atoms with Gasteiger partial charge in [0.25, 0.3) is 0 Å². The van der Waals surface area contributed by atoms with Crippen LogP contribution in [0.4, 0.5) is 5.13 Å². The maximum absolute atomic E-state index is 12.7. The molecule has 3 heterocycles. The number of amides is 1. The lowest BCUT2D eigenvalue weighted by Gasteiger charge is -2.39. The lowest BCUT2D eigenvalue weighted by molar-refractivity contribution is -0.125. The fraction of sp³-hybridized carbons (Fsp3) is 0.680. The lowest BCUT2D eigenvalue weighted by atomic mass is 9.96. The number of carbonyl (C=O) groups excluding carboxylic acids is 1. The summed E-state index contributed by atoms with van der Waals surface area (Å²) in [7, 11) is 0. The van der Waals surface area contributed by atoms with E-state index in [0.717, 1.165) is 71.0 Å². The number of fused-ring (bicyclic) bond motifs is 1. The van der Waals surface area contributed by atoms with Gasteiger partial charge in [-0.15, -0.1) is 0 Å². The van der Waals surface area contributed by atoms with Crippen LogP contribution in [0.3, 0.4) is 0 Å². The molecule has 0 radical (unpaired) electrons. The van der Waals surface area contributed by atoms with E-state index < -0.39 is 0 Å². The molecule has 182 valence electrons. The molecule has 33 heavy (non-hydrogen) atoms. The number of hydrogen-bond donors (Lipinski definition) is 1. The minimum Gasteiger partial charge on any atom is -0.493 e. The van der Waals surface area contributed by atoms with Crippen LogP contribution in [0.5, 0.6) is 5.75 Å². The molecule has 2 atom stereocenters. The molecule has 0 aliphatic carbocycles. The number of hydrogen-bond acceptors (Lipinski definition) is 6. The Labute approximate surface area is 210 Å². The first-order valence-corrected chi connectivity index (χ1v) is 14.1. The first-order valence-electron chi connectivity index (χ1n) is 12.5. The van der Waals surface area contributed by atoms with Crippen molar-refractivity contribution in [1.82, 2.24) is 15.2 Å². The van der Waals surface area contributed by atoms with Crippen LogP contribution in [-0.4, -0.2) is 60.7 Å². The third-order valence-electron chi connectivity index (χ3n) is 7.14. The molecule has 1 N–H and O–H groups in total. The molecule has 1 amide bonds. The summed E-state index contributed by atoms with van der Waals surface area (Å²) in [5, 5.41) is 4.24. The largest absolute Gasteiger partial charge is 0.493 e. The summed E-state index contributed by atoms with van der Waals surface area (Å²) in [5.41, 5.74) is 0.988. The minimum atomic E-state index is 0.113. The average Bonchev–Trinajstić information content (AvgIpc) is 3.21. The topological polar surface area (TPSA) is 57.7 Å². The maximum atomic E-state index is 12.7. The zero-order valence-electron chi connectivity index (χ0n) is 20.1. The Hall–Kier alpha value is -1.38. The van der Waals surface area contributed by atoms with E-state index in [1.807, 2.05) is 13.0 Å². The summed E-state index contributed by atoms with van der Waals surface area (Å²) in [4.78, 5) is 22.5. The zero-order valence-corrected chi connectivity index (χ0v) is 22.5. The number of carbonyl (C=O) groups is 1. The standard InChI is InChI=1S/C25H37BrN4O2S/c1-4-32-22-16-23-21(15-20(22)26)28-25(33-23)29-13-9-19(10-14-29)24(31)27-11-6-12-30-17(2)7-5-8-18(30)3/h15-19H,4-14H2,1-3H3,(H,27,31). The fourth-order valence-electron chi connectivity index (χ4n) is 5.18. The third kappa shape index (κ3) is 6.01. The van der Waals surface area contributed by atoms with Gasteiger partial charge in [0.2, 0.25) is 5.91 Å². The number of nitrogens with zero attached hydrogens (tertiary/aromatic N) is 3. The van der Waals surface area contributed by atoms with Crippen molar-refractivity contribution in [1.29, 1.82) is 0 Å². The van der Waals surface area contributed by atoms with Crippen molar-refractivity contribution in [3.05, 3.63) is 16.6 Å². The molecule has 2 unspecified atom stereocenters. The summed E-state index contributed by atoms with van der Waals surface area (Å²) in [6.45, 7) is 10.9. The number of rotatable bonds is 8. The van der Waals surface area contributed by atoms with Gasteiger partial charge in [0.1, 0.15) is 5.75 Å². The summed E-state index contributed by atoms with van der Waals surface area (Å²) < 4.78 is 7.77. The number of benzene rings is 1. The summed E-state index contributed by atoms with van der Waals surface area (Å²) >= 11 is 5.28. The molecule has 1 aromatic carbocycles.